The second kappa shape index (κ2) is 8.79. The normalized spacial score (nSPS) is 11.8. The molecule has 2 aromatic rings. The maximum atomic E-state index is 13.1. The molecule has 0 saturated heterocycles. The van der Waals surface area contributed by atoms with Crippen LogP contribution in [-0.2, 0) is 14.3 Å². The first kappa shape index (κ1) is 18.4. The highest BCUT2D eigenvalue weighted by Crippen LogP contribution is 2.24. The lowest BCUT2D eigenvalue weighted by atomic mass is 10.1. The van der Waals surface area contributed by atoms with E-state index in [0.717, 1.165) is 28.8 Å². The van der Waals surface area contributed by atoms with E-state index in [0.29, 0.717) is 4.90 Å². The van der Waals surface area contributed by atoms with E-state index in [1.165, 1.54) is 24.5 Å². The lowest BCUT2D eigenvalue weighted by Gasteiger charge is -2.16. The summed E-state index contributed by atoms with van der Waals surface area (Å²) in [5.41, 5.74) is 0. The Morgan fingerprint density at radius 2 is 2.08 bits per heavy atom. The van der Waals surface area contributed by atoms with E-state index >= 15 is 0 Å². The zero-order valence-corrected chi connectivity index (χ0v) is 14.4. The number of methoxy groups -OCH3 is 1. The quantitative estimate of drug-likeness (QED) is 0.597. The lowest BCUT2D eigenvalue weighted by molar-refractivity contribution is -0.141. The Labute approximate surface area is 146 Å². The Hall–Kier alpha value is -1.93. The molecule has 1 aromatic carbocycles. The molecule has 8 heteroatoms. The number of hydrogen-bond acceptors (Lipinski definition) is 5. The third kappa shape index (κ3) is 5.31. The SMILES string of the molecule is COC(=O)CC(NC(=O)CSc1ccc(F)c(F)c1)c1cccs1. The Kier molecular flexibility index (Phi) is 6.74. The summed E-state index contributed by atoms with van der Waals surface area (Å²) >= 11 is 2.51. The van der Waals surface area contributed by atoms with Gasteiger partial charge in [0.2, 0.25) is 5.91 Å². The number of carbonyl (C=O) groups excluding carboxylic acids is 2. The van der Waals surface area contributed by atoms with E-state index in [-0.39, 0.29) is 18.1 Å². The highest BCUT2D eigenvalue weighted by atomic mass is 32.2. The third-order valence-electron chi connectivity index (χ3n) is 3.08. The minimum Gasteiger partial charge on any atom is -0.469 e. The van der Waals surface area contributed by atoms with Gasteiger partial charge in [0.25, 0.3) is 0 Å². The lowest BCUT2D eigenvalue weighted by Crippen LogP contribution is -2.31. The number of thiophene rings is 1. The predicted molar refractivity (Wildman–Crippen MR) is 88.9 cm³/mol. The van der Waals surface area contributed by atoms with Crippen LogP contribution in [0.5, 0.6) is 0 Å². The molecule has 1 heterocycles. The Morgan fingerprint density at radius 3 is 2.71 bits per heavy atom. The number of hydrogen-bond donors (Lipinski definition) is 1. The Morgan fingerprint density at radius 1 is 1.29 bits per heavy atom. The van der Waals surface area contributed by atoms with Gasteiger partial charge < -0.3 is 10.1 Å². The number of ether oxygens (including phenoxy) is 1. The number of carbonyl (C=O) groups is 2. The van der Waals surface area contributed by atoms with Crippen LogP contribution in [0.4, 0.5) is 8.78 Å². The van der Waals surface area contributed by atoms with Crippen molar-refractivity contribution in [2.75, 3.05) is 12.9 Å². The van der Waals surface area contributed by atoms with E-state index in [4.69, 9.17) is 0 Å². The summed E-state index contributed by atoms with van der Waals surface area (Å²) < 4.78 is 30.7. The molecule has 24 heavy (non-hydrogen) atoms. The summed E-state index contributed by atoms with van der Waals surface area (Å²) in [5.74, 6) is -2.61. The van der Waals surface area contributed by atoms with Gasteiger partial charge in [0.05, 0.1) is 25.3 Å². The summed E-state index contributed by atoms with van der Waals surface area (Å²) in [5, 5.41) is 4.61. The minimum absolute atomic E-state index is 0.0219. The van der Waals surface area contributed by atoms with Crippen molar-refractivity contribution in [1.29, 1.82) is 0 Å². The minimum atomic E-state index is -0.956. The van der Waals surface area contributed by atoms with Gasteiger partial charge in [0.15, 0.2) is 11.6 Å². The van der Waals surface area contributed by atoms with Gasteiger partial charge in [-0.2, -0.15) is 0 Å². The highest BCUT2D eigenvalue weighted by Gasteiger charge is 2.20. The highest BCUT2D eigenvalue weighted by molar-refractivity contribution is 8.00. The van der Waals surface area contributed by atoms with Crippen LogP contribution >= 0.6 is 23.1 Å². The monoisotopic (exact) mass is 371 g/mol. The van der Waals surface area contributed by atoms with Crippen molar-refractivity contribution in [1.82, 2.24) is 5.32 Å². The van der Waals surface area contributed by atoms with Gasteiger partial charge in [-0.3, -0.25) is 9.59 Å². The molecule has 0 fully saturated rings. The van der Waals surface area contributed by atoms with Crippen LogP contribution in [0.1, 0.15) is 17.3 Å². The summed E-state index contributed by atoms with van der Waals surface area (Å²) in [6.07, 6.45) is 0.0264. The van der Waals surface area contributed by atoms with Crippen molar-refractivity contribution in [2.45, 2.75) is 17.4 Å². The second-order valence-electron chi connectivity index (χ2n) is 4.78. The molecule has 0 bridgehead atoms. The average molecular weight is 371 g/mol. The Bertz CT molecular complexity index is 707. The van der Waals surface area contributed by atoms with Gasteiger partial charge in [-0.05, 0) is 29.6 Å². The molecular weight excluding hydrogens is 356 g/mol. The first-order chi connectivity index (χ1) is 11.5. The molecule has 1 amide bonds. The molecule has 1 unspecified atom stereocenters. The predicted octanol–water partition coefficient (Wildman–Crippen LogP) is 3.54. The maximum Gasteiger partial charge on any atom is 0.307 e. The zero-order chi connectivity index (χ0) is 17.5. The van der Waals surface area contributed by atoms with Crippen LogP contribution in [0.15, 0.2) is 40.6 Å². The number of thioether (sulfide) groups is 1. The van der Waals surface area contributed by atoms with Gasteiger partial charge >= 0.3 is 5.97 Å². The molecule has 0 radical (unpaired) electrons. The molecule has 0 aliphatic rings. The number of amides is 1. The van der Waals surface area contributed by atoms with E-state index in [1.807, 2.05) is 17.5 Å². The number of benzene rings is 1. The maximum absolute atomic E-state index is 13.1. The van der Waals surface area contributed by atoms with Crippen molar-refractivity contribution >= 4 is 35.0 Å². The van der Waals surface area contributed by atoms with Crippen molar-refractivity contribution in [3.63, 3.8) is 0 Å². The number of halogens is 2. The zero-order valence-electron chi connectivity index (χ0n) is 12.8. The van der Waals surface area contributed by atoms with Crippen LogP contribution in [-0.4, -0.2) is 24.7 Å². The fraction of sp³-hybridized carbons (Fsp3) is 0.250. The van der Waals surface area contributed by atoms with Crippen LogP contribution < -0.4 is 5.32 Å². The smallest absolute Gasteiger partial charge is 0.307 e. The van der Waals surface area contributed by atoms with Crippen LogP contribution in [0.2, 0.25) is 0 Å². The first-order valence-corrected chi connectivity index (χ1v) is 8.83. The van der Waals surface area contributed by atoms with Gasteiger partial charge in [0, 0.05) is 9.77 Å². The molecule has 1 atom stereocenters. The van der Waals surface area contributed by atoms with Crippen LogP contribution in [0, 0.1) is 11.6 Å². The van der Waals surface area contributed by atoms with E-state index in [2.05, 4.69) is 10.1 Å². The first-order valence-electron chi connectivity index (χ1n) is 6.97. The number of esters is 1. The molecule has 128 valence electrons. The van der Waals surface area contributed by atoms with Gasteiger partial charge in [0.1, 0.15) is 0 Å². The largest absolute Gasteiger partial charge is 0.469 e. The topological polar surface area (TPSA) is 55.4 Å². The molecule has 0 saturated carbocycles. The fourth-order valence-electron chi connectivity index (χ4n) is 1.91. The number of rotatable bonds is 7. The van der Waals surface area contributed by atoms with Gasteiger partial charge in [-0.25, -0.2) is 8.78 Å². The molecule has 1 N–H and O–H groups in total. The Balaban J connectivity index is 1.94. The summed E-state index contributed by atoms with van der Waals surface area (Å²) in [7, 11) is 1.29. The molecule has 4 nitrogen and oxygen atoms in total. The summed E-state index contributed by atoms with van der Waals surface area (Å²) in [6, 6.07) is 6.63. The second-order valence-corrected chi connectivity index (χ2v) is 6.81. The van der Waals surface area contributed by atoms with Crippen LogP contribution in [0.3, 0.4) is 0 Å². The van der Waals surface area contributed by atoms with Crippen molar-refractivity contribution in [2.24, 2.45) is 0 Å². The van der Waals surface area contributed by atoms with E-state index < -0.39 is 23.6 Å². The van der Waals surface area contributed by atoms with Crippen LogP contribution in [0.25, 0.3) is 0 Å². The number of nitrogens with one attached hydrogen (secondary N) is 1. The fourth-order valence-corrected chi connectivity index (χ4v) is 3.42. The molecular formula is C16H15F2NO3S2. The molecule has 0 aliphatic carbocycles. The van der Waals surface area contributed by atoms with Gasteiger partial charge in [-0.15, -0.1) is 23.1 Å². The van der Waals surface area contributed by atoms with Crippen molar-refractivity contribution < 1.29 is 23.1 Å². The van der Waals surface area contributed by atoms with Crippen molar-refractivity contribution in [3.8, 4) is 0 Å². The molecule has 2 rings (SSSR count). The van der Waals surface area contributed by atoms with E-state index in [9.17, 15) is 18.4 Å². The molecule has 0 spiro atoms. The van der Waals surface area contributed by atoms with Gasteiger partial charge in [-0.1, -0.05) is 6.07 Å². The standard InChI is InChI=1S/C16H15F2NO3S2/c1-22-16(21)8-13(14-3-2-6-23-14)19-15(20)9-24-10-4-5-11(17)12(18)7-10/h2-7,13H,8-9H2,1H3,(H,19,20). The third-order valence-corrected chi connectivity index (χ3v) is 5.06. The van der Waals surface area contributed by atoms with Crippen molar-refractivity contribution in [3.05, 3.63) is 52.2 Å². The molecule has 0 aliphatic heterocycles. The molecule has 1 aromatic heterocycles. The van der Waals surface area contributed by atoms with E-state index in [1.54, 1.807) is 0 Å². The summed E-state index contributed by atoms with van der Waals surface area (Å²) in [4.78, 5) is 24.9. The summed E-state index contributed by atoms with van der Waals surface area (Å²) in [6.45, 7) is 0. The average Bonchev–Trinajstić information content (AvgIpc) is 3.09.